The van der Waals surface area contributed by atoms with Gasteiger partial charge < -0.3 is 58.0 Å². The first-order valence-electron chi connectivity index (χ1n) is 19.0. The predicted octanol–water partition coefficient (Wildman–Crippen LogP) is 4.24. The van der Waals surface area contributed by atoms with Gasteiger partial charge in [0.2, 0.25) is 0 Å². The predicted molar refractivity (Wildman–Crippen MR) is 219 cm³/mol. The number of methoxy groups -OCH3 is 6. The van der Waals surface area contributed by atoms with E-state index in [0.29, 0.717) is 48.9 Å². The van der Waals surface area contributed by atoms with Crippen LogP contribution in [0.3, 0.4) is 0 Å². The van der Waals surface area contributed by atoms with Crippen LogP contribution >= 0.6 is 0 Å². The van der Waals surface area contributed by atoms with Crippen molar-refractivity contribution in [3.05, 3.63) is 107 Å². The van der Waals surface area contributed by atoms with Crippen molar-refractivity contribution in [2.24, 2.45) is 0 Å². The lowest BCUT2D eigenvalue weighted by atomic mass is 10.1. The van der Waals surface area contributed by atoms with Crippen molar-refractivity contribution >= 4 is 23.9 Å². The molecule has 0 saturated carbocycles. The van der Waals surface area contributed by atoms with E-state index in [1.54, 1.807) is 77.0 Å². The van der Waals surface area contributed by atoms with Gasteiger partial charge in [0.15, 0.2) is 23.0 Å². The molecule has 0 amide bonds. The Morgan fingerprint density at radius 2 is 0.867 bits per heavy atom. The van der Waals surface area contributed by atoms with Gasteiger partial charge in [0.05, 0.1) is 42.7 Å². The smallest absolute Gasteiger partial charge is 0.417 e. The van der Waals surface area contributed by atoms with Gasteiger partial charge in [-0.05, 0) is 85.6 Å². The molecule has 2 N–H and O–H groups in total. The minimum Gasteiger partial charge on any atom is -0.493 e. The number of esters is 4. The maximum absolute atomic E-state index is 13.4. The summed E-state index contributed by atoms with van der Waals surface area (Å²) in [5.41, 5.74) is 2.25. The maximum Gasteiger partial charge on any atom is 0.417 e. The molecule has 0 aliphatic heterocycles. The molecule has 2 unspecified atom stereocenters. The van der Waals surface area contributed by atoms with E-state index in [2.05, 4.69) is 10.6 Å². The third kappa shape index (κ3) is 13.8. The molecule has 16 nitrogen and oxygen atoms in total. The largest absolute Gasteiger partial charge is 0.493 e. The van der Waals surface area contributed by atoms with E-state index in [0.717, 1.165) is 11.1 Å². The van der Waals surface area contributed by atoms with Gasteiger partial charge in [-0.15, -0.1) is 0 Å². The summed E-state index contributed by atoms with van der Waals surface area (Å²) in [6.07, 6.45) is -0.867. The molecule has 0 aromatic heterocycles. The fourth-order valence-electron chi connectivity index (χ4n) is 5.84. The van der Waals surface area contributed by atoms with Gasteiger partial charge in [-0.2, -0.15) is 0 Å². The highest BCUT2D eigenvalue weighted by atomic mass is 16.6. The van der Waals surface area contributed by atoms with Crippen LogP contribution in [0, 0.1) is 0 Å². The Balaban J connectivity index is 1.45. The van der Waals surface area contributed by atoms with Crippen LogP contribution < -0.4 is 39.1 Å². The third-order valence-corrected chi connectivity index (χ3v) is 8.97. The zero-order chi connectivity index (χ0) is 43.3. The van der Waals surface area contributed by atoms with Crippen LogP contribution in [-0.2, 0) is 41.4 Å². The van der Waals surface area contributed by atoms with Crippen molar-refractivity contribution in [3.63, 3.8) is 0 Å². The number of carbonyl (C=O) groups is 4. The SMILES string of the molecule is COC(=O)c1ccccc1OCC(CNCCc1ccc(OC)c(OC)c1)OC(=O)C(=O)OC(CNCCc1ccc(OC)c(OC)c1)COc1ccccc1C(=O)OC. The zero-order valence-electron chi connectivity index (χ0n) is 34.6. The Bertz CT molecular complexity index is 1880. The van der Waals surface area contributed by atoms with Crippen molar-refractivity contribution < 1.29 is 66.5 Å². The summed E-state index contributed by atoms with van der Waals surface area (Å²) in [7, 11) is 8.73. The highest BCUT2D eigenvalue weighted by Gasteiger charge is 2.28. The first-order chi connectivity index (χ1) is 29.1. The first kappa shape index (κ1) is 46.2. The Morgan fingerprint density at radius 1 is 0.483 bits per heavy atom. The lowest BCUT2D eigenvalue weighted by molar-refractivity contribution is -0.175. The molecule has 0 bridgehead atoms. The fraction of sp³-hybridized carbons (Fsp3) is 0.364. The number of rotatable bonds is 24. The average molecular weight is 833 g/mol. The molecule has 2 atom stereocenters. The summed E-state index contributed by atoms with van der Waals surface area (Å²) < 4.78 is 54.3. The quantitative estimate of drug-likeness (QED) is 0.0442. The summed E-state index contributed by atoms with van der Waals surface area (Å²) in [4.78, 5) is 51.5. The second-order valence-electron chi connectivity index (χ2n) is 12.9. The van der Waals surface area contributed by atoms with Crippen molar-refractivity contribution in [2.45, 2.75) is 25.0 Å². The van der Waals surface area contributed by atoms with E-state index in [-0.39, 0.29) is 48.9 Å². The van der Waals surface area contributed by atoms with Crippen molar-refractivity contribution in [1.82, 2.24) is 10.6 Å². The highest BCUT2D eigenvalue weighted by Crippen LogP contribution is 2.29. The number of hydrogen-bond acceptors (Lipinski definition) is 16. The molecule has 322 valence electrons. The molecule has 0 aliphatic rings. The van der Waals surface area contributed by atoms with Gasteiger partial charge in [-0.25, -0.2) is 19.2 Å². The normalized spacial score (nSPS) is 11.6. The van der Waals surface area contributed by atoms with E-state index >= 15 is 0 Å². The van der Waals surface area contributed by atoms with E-state index < -0.39 is 36.1 Å². The van der Waals surface area contributed by atoms with Crippen molar-refractivity contribution in [1.29, 1.82) is 0 Å². The molecule has 0 radical (unpaired) electrons. The number of para-hydroxylation sites is 2. The lowest BCUT2D eigenvalue weighted by Gasteiger charge is -2.22. The summed E-state index contributed by atoms with van der Waals surface area (Å²) in [5.74, 6) is -1.03. The van der Waals surface area contributed by atoms with Crippen LogP contribution in [0.25, 0.3) is 0 Å². The first-order valence-corrected chi connectivity index (χ1v) is 19.0. The molecule has 0 fully saturated rings. The standard InChI is InChI=1S/C44H52N2O14/c1-51-37-17-15-29(23-39(37)53-3)19-21-45-25-31(27-57-35-13-9-7-11-33(35)41(47)55-5)59-43(49)44(50)60-32(28-58-36-14-10-8-12-34(36)42(48)56-6)26-46-22-20-30-16-18-38(52-2)40(24-30)54-4/h7-18,23-24,31-32,45-46H,19-22,25-28H2,1-6H3. The summed E-state index contributed by atoms with van der Waals surface area (Å²) in [6.45, 7) is 0.584. The Kier molecular flexibility index (Phi) is 18.8. The molecular formula is C44H52N2O14. The molecule has 4 rings (SSSR count). The average Bonchev–Trinajstić information content (AvgIpc) is 3.29. The second kappa shape index (κ2) is 24.4. The molecule has 60 heavy (non-hydrogen) atoms. The minimum absolute atomic E-state index is 0.0707. The Morgan fingerprint density at radius 3 is 1.23 bits per heavy atom. The van der Waals surface area contributed by atoms with Crippen LogP contribution in [0.15, 0.2) is 84.9 Å². The molecule has 0 spiro atoms. The number of benzene rings is 4. The highest BCUT2D eigenvalue weighted by molar-refractivity contribution is 6.29. The molecule has 4 aromatic rings. The zero-order valence-corrected chi connectivity index (χ0v) is 34.6. The van der Waals surface area contributed by atoms with Crippen molar-refractivity contribution in [2.75, 3.05) is 82.1 Å². The van der Waals surface area contributed by atoms with E-state index in [9.17, 15) is 19.2 Å². The van der Waals surface area contributed by atoms with Crippen LogP contribution in [0.5, 0.6) is 34.5 Å². The summed E-state index contributed by atoms with van der Waals surface area (Å²) in [5, 5.41) is 6.47. The van der Waals surface area contributed by atoms with E-state index in [1.165, 1.54) is 26.4 Å². The molecule has 0 saturated heterocycles. The molecular weight excluding hydrogens is 780 g/mol. The monoisotopic (exact) mass is 832 g/mol. The summed E-state index contributed by atoms with van der Waals surface area (Å²) in [6, 6.07) is 24.0. The lowest BCUT2D eigenvalue weighted by Crippen LogP contribution is -2.41. The minimum atomic E-state index is -1.28. The Hall–Kier alpha value is -6.52. The number of hydrogen-bond donors (Lipinski definition) is 2. The third-order valence-electron chi connectivity index (χ3n) is 8.97. The van der Waals surface area contributed by atoms with Crippen LogP contribution in [0.4, 0.5) is 0 Å². The van der Waals surface area contributed by atoms with E-state index in [4.69, 9.17) is 47.4 Å². The van der Waals surface area contributed by atoms with Crippen molar-refractivity contribution in [3.8, 4) is 34.5 Å². The van der Waals surface area contributed by atoms with Crippen LogP contribution in [-0.4, -0.2) is 118 Å². The second-order valence-corrected chi connectivity index (χ2v) is 12.9. The number of ether oxygens (including phenoxy) is 10. The molecule has 0 aliphatic carbocycles. The summed E-state index contributed by atoms with van der Waals surface area (Å²) >= 11 is 0. The molecule has 16 heteroatoms. The number of nitrogens with one attached hydrogen (secondary N) is 2. The van der Waals surface area contributed by atoms with Gasteiger partial charge in [-0.3, -0.25) is 0 Å². The number of carbonyl (C=O) groups excluding carboxylic acids is 4. The van der Waals surface area contributed by atoms with Crippen LogP contribution in [0.1, 0.15) is 31.8 Å². The van der Waals surface area contributed by atoms with E-state index in [1.807, 2.05) is 24.3 Å². The van der Waals surface area contributed by atoms with Gasteiger partial charge in [-0.1, -0.05) is 36.4 Å². The van der Waals surface area contributed by atoms with Gasteiger partial charge in [0.1, 0.15) is 48.0 Å². The Labute approximate surface area is 349 Å². The maximum atomic E-state index is 13.4. The van der Waals surface area contributed by atoms with Gasteiger partial charge in [0.25, 0.3) is 0 Å². The van der Waals surface area contributed by atoms with Gasteiger partial charge >= 0.3 is 23.9 Å². The topological polar surface area (TPSA) is 185 Å². The van der Waals surface area contributed by atoms with Crippen LogP contribution in [0.2, 0.25) is 0 Å². The molecule has 0 heterocycles. The fourth-order valence-corrected chi connectivity index (χ4v) is 5.84. The van der Waals surface area contributed by atoms with Gasteiger partial charge in [0, 0.05) is 13.1 Å². The molecule has 4 aromatic carbocycles.